The van der Waals surface area contributed by atoms with Crippen molar-refractivity contribution in [2.24, 2.45) is 0 Å². The molecule has 0 spiro atoms. The molecule has 1 aromatic heterocycles. The van der Waals surface area contributed by atoms with Gasteiger partial charge in [0.05, 0.1) is 25.2 Å². The van der Waals surface area contributed by atoms with Crippen molar-refractivity contribution in [1.29, 1.82) is 0 Å². The molecule has 3 rings (SSSR count). The molecule has 0 atom stereocenters. The third-order valence-corrected chi connectivity index (χ3v) is 4.64. The summed E-state index contributed by atoms with van der Waals surface area (Å²) in [5, 5.41) is 2.86. The van der Waals surface area contributed by atoms with E-state index < -0.39 is 0 Å². The number of hydrogen-bond donors (Lipinski definition) is 1. The maximum absolute atomic E-state index is 13.2. The van der Waals surface area contributed by atoms with Gasteiger partial charge in [0.25, 0.3) is 0 Å². The maximum Gasteiger partial charge on any atom is 0.227 e. The molecule has 0 aliphatic rings. The number of hydrogen-bond acceptors (Lipinski definition) is 3. The zero-order valence-electron chi connectivity index (χ0n) is 16.8. The third-order valence-electron chi connectivity index (χ3n) is 4.64. The Hall–Kier alpha value is -3.54. The van der Waals surface area contributed by atoms with Crippen molar-refractivity contribution in [1.82, 2.24) is 10.3 Å². The Labute approximate surface area is 175 Å². The highest BCUT2D eigenvalue weighted by atomic mass is 19.1. The highest BCUT2D eigenvalue weighted by Crippen LogP contribution is 2.21. The van der Waals surface area contributed by atoms with Crippen LogP contribution < -0.4 is 10.2 Å². The van der Waals surface area contributed by atoms with Crippen LogP contribution in [0.1, 0.15) is 30.2 Å². The lowest BCUT2D eigenvalue weighted by Crippen LogP contribution is -2.30. The van der Waals surface area contributed by atoms with Crippen LogP contribution in [-0.2, 0) is 29.1 Å². The summed E-state index contributed by atoms with van der Waals surface area (Å²) in [6, 6.07) is 19.0. The zero-order valence-corrected chi connectivity index (χ0v) is 16.8. The van der Waals surface area contributed by atoms with Crippen LogP contribution in [0.4, 0.5) is 10.1 Å². The van der Waals surface area contributed by atoms with Crippen LogP contribution in [0.25, 0.3) is 0 Å². The van der Waals surface area contributed by atoms with E-state index in [1.165, 1.54) is 12.1 Å². The normalized spacial score (nSPS) is 10.5. The first kappa shape index (κ1) is 21.2. The van der Waals surface area contributed by atoms with Gasteiger partial charge in [-0.3, -0.25) is 14.6 Å². The molecule has 0 aliphatic heterocycles. The average Bonchev–Trinajstić information content (AvgIpc) is 2.77. The number of nitrogens with one attached hydrogen (secondary N) is 1. The second-order valence-corrected chi connectivity index (χ2v) is 6.90. The van der Waals surface area contributed by atoms with E-state index in [0.29, 0.717) is 25.2 Å². The van der Waals surface area contributed by atoms with E-state index in [9.17, 15) is 14.0 Å². The number of carbonyl (C=O) groups excluding carboxylic acids is 2. The minimum Gasteiger partial charge on any atom is -0.350 e. The molecule has 0 fully saturated rings. The summed E-state index contributed by atoms with van der Waals surface area (Å²) in [7, 11) is 0. The highest BCUT2D eigenvalue weighted by Gasteiger charge is 2.16. The molecule has 0 saturated heterocycles. The fraction of sp³-hybridized carbons (Fsp3) is 0.208. The Morgan fingerprint density at radius 2 is 1.80 bits per heavy atom. The van der Waals surface area contributed by atoms with E-state index in [4.69, 9.17) is 0 Å². The molecule has 30 heavy (non-hydrogen) atoms. The van der Waals surface area contributed by atoms with Gasteiger partial charge < -0.3 is 10.2 Å². The molecule has 154 valence electrons. The maximum atomic E-state index is 13.2. The molecule has 0 bridgehead atoms. The molecule has 2 amide bonds. The van der Waals surface area contributed by atoms with E-state index >= 15 is 0 Å². The number of benzene rings is 2. The smallest absolute Gasteiger partial charge is 0.227 e. The molecule has 3 aromatic rings. The van der Waals surface area contributed by atoms with Crippen LogP contribution in [0.15, 0.2) is 72.9 Å². The number of amides is 2. The van der Waals surface area contributed by atoms with Crippen molar-refractivity contribution in [2.45, 2.75) is 32.9 Å². The van der Waals surface area contributed by atoms with Crippen LogP contribution in [0.2, 0.25) is 0 Å². The minimum atomic E-state index is -0.314. The summed E-state index contributed by atoms with van der Waals surface area (Å²) in [5.74, 6) is -0.480. The summed E-state index contributed by atoms with van der Waals surface area (Å²) < 4.78 is 13.2. The van der Waals surface area contributed by atoms with Crippen LogP contribution >= 0.6 is 0 Å². The van der Waals surface area contributed by atoms with Crippen LogP contribution in [-0.4, -0.2) is 16.8 Å². The van der Waals surface area contributed by atoms with Gasteiger partial charge in [-0.1, -0.05) is 37.3 Å². The van der Waals surface area contributed by atoms with Gasteiger partial charge in [-0.05, 0) is 47.5 Å². The second kappa shape index (κ2) is 10.3. The first-order chi connectivity index (χ1) is 14.5. The summed E-state index contributed by atoms with van der Waals surface area (Å²) in [6.45, 7) is 2.50. The number of pyridine rings is 1. The van der Waals surface area contributed by atoms with E-state index in [2.05, 4.69) is 10.3 Å². The van der Waals surface area contributed by atoms with Crippen LogP contribution in [0.3, 0.4) is 0 Å². The van der Waals surface area contributed by atoms with Crippen molar-refractivity contribution in [2.75, 3.05) is 4.90 Å². The number of halogens is 1. The second-order valence-electron chi connectivity index (χ2n) is 6.90. The summed E-state index contributed by atoms with van der Waals surface area (Å²) in [4.78, 5) is 30.7. The van der Waals surface area contributed by atoms with Gasteiger partial charge in [0.2, 0.25) is 11.8 Å². The SMILES string of the molecule is CCC(=O)N(Cc1ccc(F)cc1)c1cccc(CC(=O)NCc2ccccn2)c1. The Morgan fingerprint density at radius 3 is 2.50 bits per heavy atom. The zero-order chi connectivity index (χ0) is 21.3. The van der Waals surface area contributed by atoms with Gasteiger partial charge in [0.15, 0.2) is 0 Å². The third kappa shape index (κ3) is 5.98. The number of anilines is 1. The summed E-state index contributed by atoms with van der Waals surface area (Å²) >= 11 is 0. The van der Waals surface area contributed by atoms with E-state index in [1.54, 1.807) is 30.2 Å². The fourth-order valence-electron chi connectivity index (χ4n) is 3.06. The lowest BCUT2D eigenvalue weighted by molar-refractivity contribution is -0.120. The molecule has 2 aromatic carbocycles. The lowest BCUT2D eigenvalue weighted by Gasteiger charge is -2.23. The molecular formula is C24H24FN3O2. The number of carbonyl (C=O) groups is 2. The molecule has 0 saturated carbocycles. The predicted octanol–water partition coefficient (Wildman–Crippen LogP) is 4.02. The summed E-state index contributed by atoms with van der Waals surface area (Å²) in [6.07, 6.45) is 2.23. The molecule has 1 N–H and O–H groups in total. The van der Waals surface area contributed by atoms with Crippen molar-refractivity contribution in [3.05, 3.63) is 95.6 Å². The Balaban J connectivity index is 1.69. The van der Waals surface area contributed by atoms with Crippen molar-refractivity contribution in [3.8, 4) is 0 Å². The van der Waals surface area contributed by atoms with E-state index in [1.807, 2.05) is 42.5 Å². The largest absolute Gasteiger partial charge is 0.350 e. The highest BCUT2D eigenvalue weighted by molar-refractivity contribution is 5.93. The Kier molecular flexibility index (Phi) is 7.27. The average molecular weight is 405 g/mol. The topological polar surface area (TPSA) is 62.3 Å². The van der Waals surface area contributed by atoms with Gasteiger partial charge >= 0.3 is 0 Å². The first-order valence-corrected chi connectivity index (χ1v) is 9.85. The Bertz CT molecular complexity index is 991. The fourth-order valence-corrected chi connectivity index (χ4v) is 3.06. The van der Waals surface area contributed by atoms with Gasteiger partial charge in [-0.2, -0.15) is 0 Å². The molecule has 0 radical (unpaired) electrons. The number of aromatic nitrogens is 1. The Morgan fingerprint density at radius 1 is 1.00 bits per heavy atom. The van der Waals surface area contributed by atoms with E-state index in [0.717, 1.165) is 16.8 Å². The van der Waals surface area contributed by atoms with Gasteiger partial charge in [-0.15, -0.1) is 0 Å². The standard InChI is InChI=1S/C24H24FN3O2/c1-2-24(30)28(17-18-9-11-20(25)12-10-18)22-8-5-6-19(14-22)15-23(29)27-16-21-7-3-4-13-26-21/h3-14H,2,15-17H2,1H3,(H,27,29). The lowest BCUT2D eigenvalue weighted by atomic mass is 10.1. The number of rotatable bonds is 8. The molecular weight excluding hydrogens is 381 g/mol. The van der Waals surface area contributed by atoms with Crippen molar-refractivity contribution >= 4 is 17.5 Å². The molecule has 6 heteroatoms. The summed E-state index contributed by atoms with van der Waals surface area (Å²) in [5.41, 5.74) is 3.13. The van der Waals surface area contributed by atoms with Crippen molar-refractivity contribution < 1.29 is 14.0 Å². The van der Waals surface area contributed by atoms with Crippen molar-refractivity contribution in [3.63, 3.8) is 0 Å². The van der Waals surface area contributed by atoms with Crippen LogP contribution in [0.5, 0.6) is 0 Å². The molecule has 1 heterocycles. The van der Waals surface area contributed by atoms with Gasteiger partial charge in [0, 0.05) is 18.3 Å². The minimum absolute atomic E-state index is 0.0453. The molecule has 0 aliphatic carbocycles. The quantitative estimate of drug-likeness (QED) is 0.616. The predicted molar refractivity (Wildman–Crippen MR) is 114 cm³/mol. The van der Waals surface area contributed by atoms with Crippen LogP contribution in [0, 0.1) is 5.82 Å². The monoisotopic (exact) mass is 405 g/mol. The molecule has 0 unspecified atom stereocenters. The molecule has 5 nitrogen and oxygen atoms in total. The van der Waals surface area contributed by atoms with Gasteiger partial charge in [-0.25, -0.2) is 4.39 Å². The first-order valence-electron chi connectivity index (χ1n) is 9.85. The van der Waals surface area contributed by atoms with E-state index in [-0.39, 0.29) is 24.1 Å². The van der Waals surface area contributed by atoms with Gasteiger partial charge in [0.1, 0.15) is 5.82 Å². The number of nitrogens with zero attached hydrogens (tertiary/aromatic N) is 2.